The van der Waals surface area contributed by atoms with Gasteiger partial charge >= 0.3 is 0 Å². The average molecular weight is 804 g/mol. The molecule has 0 amide bonds. The molecule has 0 bridgehead atoms. The van der Waals surface area contributed by atoms with Gasteiger partial charge in [0.05, 0.1) is 0 Å². The summed E-state index contributed by atoms with van der Waals surface area (Å²) in [5.74, 6) is 0.527. The smallest absolute Gasteiger partial charge is 0.0481 e. The molecule has 0 heterocycles. The van der Waals surface area contributed by atoms with E-state index in [-0.39, 0.29) is 0 Å². The molecule has 304 valence electrons. The number of benzene rings is 8. The second-order valence-electron chi connectivity index (χ2n) is 16.6. The summed E-state index contributed by atoms with van der Waals surface area (Å²) in [6, 6.07) is 72.9. The Morgan fingerprint density at radius 2 is 0.726 bits per heavy atom. The molecule has 3 nitrogen and oxygen atoms in total. The summed E-state index contributed by atoms with van der Waals surface area (Å²) in [6.45, 7) is 9.47. The highest BCUT2D eigenvalue weighted by Gasteiger charge is 2.18. The third-order valence-corrected chi connectivity index (χ3v) is 11.9. The first kappa shape index (κ1) is 40.1. The van der Waals surface area contributed by atoms with E-state index >= 15 is 0 Å². The minimum atomic E-state index is 0.527. The normalized spacial score (nSPS) is 13.4. The van der Waals surface area contributed by atoms with Crippen LogP contribution in [0.25, 0.3) is 22.3 Å². The van der Waals surface area contributed by atoms with Crippen molar-refractivity contribution in [2.45, 2.75) is 40.7 Å². The predicted molar refractivity (Wildman–Crippen MR) is 265 cm³/mol. The number of hydrogen-bond donors (Lipinski definition) is 0. The SMILES string of the molecule is Cc1ccc(N(Cc2ccccc2)c2ccc(-c3ccc(N(C4=CCC(C)C=C4)c4ccc(-c5ccc(N(c6ccc(C)cc6)c6ccc(C)cc6)cc5)cc4)cc3)cc2)cc1. The van der Waals surface area contributed by atoms with Crippen LogP contribution in [0.1, 0.15) is 35.6 Å². The molecule has 0 saturated heterocycles. The first-order valence-electron chi connectivity index (χ1n) is 21.8. The van der Waals surface area contributed by atoms with Gasteiger partial charge in [0.25, 0.3) is 0 Å². The third-order valence-electron chi connectivity index (χ3n) is 11.9. The van der Waals surface area contributed by atoms with E-state index in [1.807, 2.05) is 0 Å². The Morgan fingerprint density at radius 1 is 0.387 bits per heavy atom. The van der Waals surface area contributed by atoms with Crippen LogP contribution in [0.2, 0.25) is 0 Å². The third kappa shape index (κ3) is 9.04. The van der Waals surface area contributed by atoms with Gasteiger partial charge in [-0.3, -0.25) is 0 Å². The lowest BCUT2D eigenvalue weighted by atomic mass is 9.99. The molecular formula is C59H53N3. The Morgan fingerprint density at radius 3 is 1.10 bits per heavy atom. The predicted octanol–water partition coefficient (Wildman–Crippen LogP) is 16.4. The number of nitrogens with zero attached hydrogens (tertiary/aromatic N) is 3. The molecule has 1 atom stereocenters. The zero-order valence-electron chi connectivity index (χ0n) is 36.1. The zero-order valence-corrected chi connectivity index (χ0v) is 36.1. The number of rotatable bonds is 12. The van der Waals surface area contributed by atoms with E-state index in [1.165, 1.54) is 61.6 Å². The van der Waals surface area contributed by atoms with Gasteiger partial charge in [-0.2, -0.15) is 0 Å². The van der Waals surface area contributed by atoms with Gasteiger partial charge in [-0.25, -0.2) is 0 Å². The molecule has 1 aliphatic rings. The maximum Gasteiger partial charge on any atom is 0.0481 e. The summed E-state index contributed by atoms with van der Waals surface area (Å²) < 4.78 is 0. The van der Waals surface area contributed by atoms with E-state index in [2.05, 4.69) is 261 Å². The Bertz CT molecular complexity index is 2720. The monoisotopic (exact) mass is 803 g/mol. The summed E-state index contributed by atoms with van der Waals surface area (Å²) in [7, 11) is 0. The van der Waals surface area contributed by atoms with Gasteiger partial charge in [0, 0.05) is 52.1 Å². The van der Waals surface area contributed by atoms with Crippen molar-refractivity contribution in [1.29, 1.82) is 0 Å². The Balaban J connectivity index is 0.965. The molecule has 0 aromatic heterocycles. The van der Waals surface area contributed by atoms with Crippen molar-refractivity contribution in [3.8, 4) is 22.3 Å². The maximum atomic E-state index is 2.39. The van der Waals surface area contributed by atoms with Crippen molar-refractivity contribution < 1.29 is 0 Å². The molecular weight excluding hydrogens is 751 g/mol. The lowest BCUT2D eigenvalue weighted by Gasteiger charge is -2.29. The lowest BCUT2D eigenvalue weighted by Crippen LogP contribution is -2.17. The Kier molecular flexibility index (Phi) is 11.7. The van der Waals surface area contributed by atoms with Crippen molar-refractivity contribution in [2.24, 2.45) is 5.92 Å². The van der Waals surface area contributed by atoms with Crippen molar-refractivity contribution in [3.63, 3.8) is 0 Å². The molecule has 3 heteroatoms. The summed E-state index contributed by atoms with van der Waals surface area (Å²) in [4.78, 5) is 7.09. The minimum Gasteiger partial charge on any atom is -0.337 e. The van der Waals surface area contributed by atoms with Crippen LogP contribution in [0.15, 0.2) is 224 Å². The van der Waals surface area contributed by atoms with Gasteiger partial charge in [-0.15, -0.1) is 0 Å². The molecule has 1 aliphatic carbocycles. The summed E-state index contributed by atoms with van der Waals surface area (Å²) >= 11 is 0. The van der Waals surface area contributed by atoms with Gasteiger partial charge in [0.2, 0.25) is 0 Å². The minimum absolute atomic E-state index is 0.527. The van der Waals surface area contributed by atoms with Crippen LogP contribution in [0, 0.1) is 26.7 Å². The molecule has 0 fully saturated rings. The van der Waals surface area contributed by atoms with E-state index in [0.717, 1.165) is 41.4 Å². The number of anilines is 7. The first-order chi connectivity index (χ1) is 30.3. The van der Waals surface area contributed by atoms with Crippen LogP contribution in [0.3, 0.4) is 0 Å². The van der Waals surface area contributed by atoms with Crippen LogP contribution in [0.4, 0.5) is 39.8 Å². The van der Waals surface area contributed by atoms with Gasteiger partial charge < -0.3 is 14.7 Å². The van der Waals surface area contributed by atoms with Gasteiger partial charge in [-0.1, -0.05) is 151 Å². The maximum absolute atomic E-state index is 2.39. The standard InChI is InChI=1S/C59H53N3/c1-43-10-26-52(27-11-43)60(42-47-8-6-5-7-9-47)53-34-18-48(19-35-53)49-20-38-58(39-21-49)62(56-32-16-46(4)17-33-56)59-40-24-51(25-41-59)50-22-36-57(37-23-50)61(54-28-12-44(2)13-29-54)55-30-14-45(3)15-31-55/h5-16,18-41,46H,17,42H2,1-4H3. The fraction of sp³-hybridized carbons (Fsp3) is 0.119. The molecule has 1 unspecified atom stereocenters. The fourth-order valence-electron chi connectivity index (χ4n) is 8.23. The molecule has 0 spiro atoms. The average Bonchev–Trinajstić information content (AvgIpc) is 3.32. The van der Waals surface area contributed by atoms with E-state index in [0.29, 0.717) is 5.92 Å². The van der Waals surface area contributed by atoms with E-state index < -0.39 is 0 Å². The van der Waals surface area contributed by atoms with Gasteiger partial charge in [-0.05, 0) is 152 Å². The van der Waals surface area contributed by atoms with Crippen molar-refractivity contribution in [3.05, 3.63) is 246 Å². The second kappa shape index (κ2) is 18.1. The topological polar surface area (TPSA) is 9.72 Å². The molecule has 62 heavy (non-hydrogen) atoms. The van der Waals surface area contributed by atoms with Gasteiger partial charge in [0.1, 0.15) is 0 Å². The van der Waals surface area contributed by atoms with Crippen molar-refractivity contribution >= 4 is 39.8 Å². The van der Waals surface area contributed by atoms with Crippen LogP contribution in [-0.4, -0.2) is 0 Å². The largest absolute Gasteiger partial charge is 0.337 e. The van der Waals surface area contributed by atoms with E-state index in [4.69, 9.17) is 0 Å². The Labute approximate surface area is 368 Å². The highest BCUT2D eigenvalue weighted by molar-refractivity contribution is 5.80. The van der Waals surface area contributed by atoms with Crippen molar-refractivity contribution in [2.75, 3.05) is 14.7 Å². The highest BCUT2D eigenvalue weighted by Crippen LogP contribution is 2.39. The van der Waals surface area contributed by atoms with Crippen LogP contribution in [0.5, 0.6) is 0 Å². The van der Waals surface area contributed by atoms with Crippen LogP contribution < -0.4 is 14.7 Å². The molecule has 8 aromatic rings. The molecule has 0 aliphatic heterocycles. The van der Waals surface area contributed by atoms with Crippen molar-refractivity contribution in [1.82, 2.24) is 0 Å². The van der Waals surface area contributed by atoms with Gasteiger partial charge in [0.15, 0.2) is 0 Å². The second-order valence-corrected chi connectivity index (χ2v) is 16.6. The van der Waals surface area contributed by atoms with Crippen LogP contribution in [-0.2, 0) is 6.54 Å². The fourth-order valence-corrected chi connectivity index (χ4v) is 8.23. The zero-order chi connectivity index (χ0) is 42.4. The van der Waals surface area contributed by atoms with E-state index in [1.54, 1.807) is 0 Å². The molecule has 8 aromatic carbocycles. The molecule has 0 N–H and O–H groups in total. The molecule has 9 rings (SSSR count). The number of hydrogen-bond acceptors (Lipinski definition) is 3. The Hall–Kier alpha value is -7.36. The lowest BCUT2D eigenvalue weighted by molar-refractivity contribution is 0.728. The summed E-state index contributed by atoms with van der Waals surface area (Å²) in [5.41, 5.74) is 19.0. The highest BCUT2D eigenvalue weighted by atomic mass is 15.2. The number of aryl methyl sites for hydroxylation is 3. The quantitative estimate of drug-likeness (QED) is 0.122. The number of allylic oxidation sites excluding steroid dienone is 3. The van der Waals surface area contributed by atoms with E-state index in [9.17, 15) is 0 Å². The van der Waals surface area contributed by atoms with Crippen LogP contribution >= 0.6 is 0 Å². The summed E-state index contributed by atoms with van der Waals surface area (Å²) in [5, 5.41) is 0. The summed E-state index contributed by atoms with van der Waals surface area (Å²) in [6.07, 6.45) is 7.98. The first-order valence-corrected chi connectivity index (χ1v) is 21.8. The molecule has 0 saturated carbocycles. The molecule has 0 radical (unpaired) electrons.